The summed E-state index contributed by atoms with van der Waals surface area (Å²) in [5.74, 6) is 1.84. The van der Waals surface area contributed by atoms with Gasteiger partial charge in [-0.2, -0.15) is 0 Å². The number of hydrogen-bond donors (Lipinski definition) is 0. The Morgan fingerprint density at radius 3 is 1.69 bits per heavy atom. The first-order valence-electron chi connectivity index (χ1n) is 18.5. The zero-order valence-electron chi connectivity index (χ0n) is 29.6. The fraction of sp³-hybridized carbons (Fsp3) is 0. The molecule has 55 heavy (non-hydrogen) atoms. The Bertz CT molecular complexity index is 3250. The van der Waals surface area contributed by atoms with Gasteiger partial charge in [-0.05, 0) is 84.9 Å². The third kappa shape index (κ3) is 5.34. The Kier molecular flexibility index (Phi) is 7.14. The lowest BCUT2D eigenvalue weighted by Gasteiger charge is -2.11. The van der Waals surface area contributed by atoms with Crippen molar-refractivity contribution in [1.82, 2.24) is 15.0 Å². The lowest BCUT2D eigenvalue weighted by atomic mass is 9.95. The molecule has 2 aromatic heterocycles. The van der Waals surface area contributed by atoms with Crippen molar-refractivity contribution in [3.63, 3.8) is 0 Å². The van der Waals surface area contributed by atoms with Crippen molar-refractivity contribution in [1.29, 1.82) is 0 Å². The predicted octanol–water partition coefficient (Wildman–Crippen LogP) is 13.6. The van der Waals surface area contributed by atoms with Crippen LogP contribution in [0.5, 0.6) is 0 Å². The average molecular weight is 702 g/mol. The Morgan fingerprint density at radius 2 is 0.873 bits per heavy atom. The minimum absolute atomic E-state index is 0.597. The van der Waals surface area contributed by atoms with E-state index in [1.807, 2.05) is 48.5 Å². The maximum absolute atomic E-state index is 6.57. The molecule has 0 bridgehead atoms. The number of furan rings is 1. The molecule has 9 aromatic carbocycles. The molecule has 2 heterocycles. The van der Waals surface area contributed by atoms with E-state index in [4.69, 9.17) is 19.4 Å². The van der Waals surface area contributed by atoms with Gasteiger partial charge in [0.25, 0.3) is 0 Å². The van der Waals surface area contributed by atoms with E-state index in [0.29, 0.717) is 17.5 Å². The molecule has 0 fully saturated rings. The van der Waals surface area contributed by atoms with Crippen molar-refractivity contribution >= 4 is 54.3 Å². The van der Waals surface area contributed by atoms with Gasteiger partial charge in [-0.15, -0.1) is 0 Å². The van der Waals surface area contributed by atoms with Gasteiger partial charge in [0.1, 0.15) is 11.2 Å². The quantitative estimate of drug-likeness (QED) is 0.168. The van der Waals surface area contributed by atoms with E-state index in [2.05, 4.69) is 140 Å². The van der Waals surface area contributed by atoms with Gasteiger partial charge in [0, 0.05) is 27.5 Å². The van der Waals surface area contributed by atoms with Crippen LogP contribution in [0, 0.1) is 0 Å². The lowest BCUT2D eigenvalue weighted by molar-refractivity contribution is 0.669. The summed E-state index contributed by atoms with van der Waals surface area (Å²) in [5.41, 5.74) is 8.95. The van der Waals surface area contributed by atoms with Crippen LogP contribution in [0.1, 0.15) is 0 Å². The van der Waals surface area contributed by atoms with Gasteiger partial charge in [0.2, 0.25) is 0 Å². The normalized spacial score (nSPS) is 11.6. The Hall–Kier alpha value is -7.43. The number of hydrogen-bond acceptors (Lipinski definition) is 4. The molecule has 4 nitrogen and oxygen atoms in total. The fourth-order valence-electron chi connectivity index (χ4n) is 8.01. The summed E-state index contributed by atoms with van der Waals surface area (Å²) in [4.78, 5) is 15.5. The minimum Gasteiger partial charge on any atom is -0.456 e. The summed E-state index contributed by atoms with van der Waals surface area (Å²) in [6.45, 7) is 0. The molecule has 0 aliphatic rings. The van der Waals surface area contributed by atoms with Crippen molar-refractivity contribution in [3.05, 3.63) is 188 Å². The molecule has 0 saturated heterocycles. The van der Waals surface area contributed by atoms with Crippen molar-refractivity contribution in [2.45, 2.75) is 0 Å². The van der Waals surface area contributed by atoms with Crippen LogP contribution in [0.25, 0.3) is 111 Å². The number of benzene rings is 9. The second-order valence-corrected chi connectivity index (χ2v) is 14.0. The Morgan fingerprint density at radius 1 is 0.291 bits per heavy atom. The molecule has 0 aliphatic heterocycles. The third-order valence-corrected chi connectivity index (χ3v) is 10.7. The highest BCUT2D eigenvalue weighted by molar-refractivity contribution is 6.20. The number of fused-ring (bicyclic) bond motifs is 8. The van der Waals surface area contributed by atoms with E-state index in [0.717, 1.165) is 49.8 Å². The lowest BCUT2D eigenvalue weighted by Crippen LogP contribution is -2.00. The largest absolute Gasteiger partial charge is 0.456 e. The zero-order valence-corrected chi connectivity index (χ0v) is 29.6. The zero-order chi connectivity index (χ0) is 36.3. The molecular weight excluding hydrogens is 671 g/mol. The number of nitrogens with zero attached hydrogens (tertiary/aromatic N) is 3. The van der Waals surface area contributed by atoms with Crippen LogP contribution in [0.4, 0.5) is 0 Å². The van der Waals surface area contributed by atoms with Crippen LogP contribution in [0.2, 0.25) is 0 Å². The first-order chi connectivity index (χ1) is 27.2. The first kappa shape index (κ1) is 31.1. The van der Waals surface area contributed by atoms with Crippen LogP contribution in [-0.4, -0.2) is 15.0 Å². The topological polar surface area (TPSA) is 51.8 Å². The predicted molar refractivity (Wildman–Crippen MR) is 227 cm³/mol. The maximum atomic E-state index is 6.57. The highest BCUT2D eigenvalue weighted by Crippen LogP contribution is 2.39. The van der Waals surface area contributed by atoms with Crippen molar-refractivity contribution in [2.24, 2.45) is 0 Å². The summed E-state index contributed by atoms with van der Waals surface area (Å²) in [6, 6.07) is 65.8. The SMILES string of the molecule is c1ccc(-c2cccc(-c3ccc4c(c3)oc3cccc(-c5nc(-c6ccccc6)nc(-c6ccc7ccc8ccc9ccccc9c8c7c6)n5)c34)c2)cc1. The van der Waals surface area contributed by atoms with Gasteiger partial charge in [-0.25, -0.2) is 15.0 Å². The number of aromatic nitrogens is 3. The molecule has 0 N–H and O–H groups in total. The van der Waals surface area contributed by atoms with Gasteiger partial charge in [0.15, 0.2) is 17.5 Å². The molecule has 0 aliphatic carbocycles. The van der Waals surface area contributed by atoms with E-state index in [9.17, 15) is 0 Å². The molecule has 4 heteroatoms. The molecule has 11 aromatic rings. The monoisotopic (exact) mass is 701 g/mol. The minimum atomic E-state index is 0.597. The highest BCUT2D eigenvalue weighted by Gasteiger charge is 2.19. The summed E-state index contributed by atoms with van der Waals surface area (Å²) >= 11 is 0. The van der Waals surface area contributed by atoms with Gasteiger partial charge < -0.3 is 4.42 Å². The molecule has 11 rings (SSSR count). The van der Waals surface area contributed by atoms with Gasteiger partial charge >= 0.3 is 0 Å². The molecular formula is C51H31N3O. The fourth-order valence-corrected chi connectivity index (χ4v) is 8.01. The third-order valence-electron chi connectivity index (χ3n) is 10.7. The molecule has 0 saturated carbocycles. The highest BCUT2D eigenvalue weighted by atomic mass is 16.3. The van der Waals surface area contributed by atoms with E-state index >= 15 is 0 Å². The van der Waals surface area contributed by atoms with Crippen molar-refractivity contribution < 1.29 is 4.42 Å². The van der Waals surface area contributed by atoms with Gasteiger partial charge in [-0.3, -0.25) is 0 Å². The summed E-state index contributed by atoms with van der Waals surface area (Å²) in [7, 11) is 0. The van der Waals surface area contributed by atoms with Crippen LogP contribution >= 0.6 is 0 Å². The van der Waals surface area contributed by atoms with Crippen LogP contribution in [0.3, 0.4) is 0 Å². The molecule has 0 atom stereocenters. The van der Waals surface area contributed by atoms with Crippen LogP contribution in [0.15, 0.2) is 192 Å². The Labute approximate surface area is 317 Å². The smallest absolute Gasteiger partial charge is 0.164 e. The maximum Gasteiger partial charge on any atom is 0.164 e. The summed E-state index contributed by atoms with van der Waals surface area (Å²) < 4.78 is 6.57. The molecule has 0 amide bonds. The first-order valence-corrected chi connectivity index (χ1v) is 18.5. The van der Waals surface area contributed by atoms with Gasteiger partial charge in [-0.1, -0.05) is 158 Å². The Balaban J connectivity index is 1.08. The van der Waals surface area contributed by atoms with Crippen molar-refractivity contribution in [3.8, 4) is 56.4 Å². The second-order valence-electron chi connectivity index (χ2n) is 14.0. The van der Waals surface area contributed by atoms with E-state index in [-0.39, 0.29) is 0 Å². The van der Waals surface area contributed by atoms with Crippen LogP contribution < -0.4 is 0 Å². The van der Waals surface area contributed by atoms with Crippen molar-refractivity contribution in [2.75, 3.05) is 0 Å². The van der Waals surface area contributed by atoms with E-state index in [1.165, 1.54) is 43.4 Å². The van der Waals surface area contributed by atoms with E-state index in [1.54, 1.807) is 0 Å². The average Bonchev–Trinajstić information content (AvgIpc) is 3.65. The van der Waals surface area contributed by atoms with Crippen LogP contribution in [-0.2, 0) is 0 Å². The molecule has 0 radical (unpaired) electrons. The summed E-state index contributed by atoms with van der Waals surface area (Å²) in [6.07, 6.45) is 0. The molecule has 256 valence electrons. The molecule has 0 spiro atoms. The van der Waals surface area contributed by atoms with Gasteiger partial charge in [0.05, 0.1) is 0 Å². The molecule has 0 unspecified atom stereocenters. The summed E-state index contributed by atoms with van der Waals surface area (Å²) in [5, 5.41) is 9.22. The standard InChI is InChI=1S/C51H31N3O/c1-3-11-32(12-4-1)37-16-9-17-38(29-37)39-27-28-42-46(31-39)55-45-20-10-19-43(48(42)45)51-53-49(36-14-5-2-6-15-36)52-50(54-51)40-26-23-34-22-25-35-24-21-33-13-7-8-18-41(33)47(35)44(34)30-40/h1-31H. The van der Waals surface area contributed by atoms with E-state index < -0.39 is 0 Å². The second kappa shape index (κ2) is 12.6. The number of rotatable bonds is 5.